The van der Waals surface area contributed by atoms with Gasteiger partial charge in [-0.25, -0.2) is 0 Å². The lowest BCUT2D eigenvalue weighted by atomic mass is 10.1. The van der Waals surface area contributed by atoms with Crippen molar-refractivity contribution < 1.29 is 5.11 Å². The van der Waals surface area contributed by atoms with Crippen LogP contribution in [-0.4, -0.2) is 11.7 Å². The Balaban J connectivity index is 3.15. The van der Waals surface area contributed by atoms with Crippen molar-refractivity contribution in [2.24, 2.45) is 0 Å². The maximum Gasteiger partial charge on any atom is 0.0431 e. The van der Waals surface area contributed by atoms with Gasteiger partial charge in [-0.2, -0.15) is 0 Å². The van der Waals surface area contributed by atoms with Crippen molar-refractivity contribution in [3.05, 3.63) is 24.3 Å². The molecule has 0 heterocycles. The van der Waals surface area contributed by atoms with Gasteiger partial charge in [-0.15, -0.1) is 0 Å². The van der Waals surface area contributed by atoms with E-state index in [4.69, 9.17) is 5.11 Å². The lowest BCUT2D eigenvalue weighted by Crippen LogP contribution is -1.79. The minimum atomic E-state index is 0.321. The summed E-state index contributed by atoms with van der Waals surface area (Å²) in [6.07, 6.45) is 18.4. The van der Waals surface area contributed by atoms with Gasteiger partial charge in [-0.1, -0.05) is 50.5 Å². The highest BCUT2D eigenvalue weighted by molar-refractivity contribution is 5.02. The quantitative estimate of drug-likeness (QED) is 0.422. The molecule has 88 valence electrons. The van der Waals surface area contributed by atoms with Crippen LogP contribution in [0, 0.1) is 0 Å². The van der Waals surface area contributed by atoms with Crippen molar-refractivity contribution >= 4 is 0 Å². The van der Waals surface area contributed by atoms with Crippen LogP contribution < -0.4 is 0 Å². The van der Waals surface area contributed by atoms with Crippen LogP contribution in [0.25, 0.3) is 0 Å². The predicted molar refractivity (Wildman–Crippen MR) is 68.0 cm³/mol. The summed E-state index contributed by atoms with van der Waals surface area (Å²) in [5.74, 6) is 0. The first-order chi connectivity index (χ1) is 7.41. The molecular weight excluding hydrogens is 184 g/mol. The number of allylic oxidation sites excluding steroid dienone is 4. The third kappa shape index (κ3) is 13.4. The van der Waals surface area contributed by atoms with E-state index >= 15 is 0 Å². The van der Waals surface area contributed by atoms with Gasteiger partial charge in [0, 0.05) is 6.61 Å². The van der Waals surface area contributed by atoms with Crippen molar-refractivity contribution in [1.29, 1.82) is 0 Å². The number of aliphatic hydroxyl groups excluding tert-OH is 1. The Kier molecular flexibility index (Phi) is 12.9. The predicted octanol–water partition coefficient (Wildman–Crippen LogP) is 4.23. The monoisotopic (exact) mass is 210 g/mol. The lowest BCUT2D eigenvalue weighted by Gasteiger charge is -1.93. The third-order valence-corrected chi connectivity index (χ3v) is 2.39. The largest absolute Gasteiger partial charge is 0.396 e. The highest BCUT2D eigenvalue weighted by atomic mass is 16.2. The molecule has 1 nitrogen and oxygen atoms in total. The summed E-state index contributed by atoms with van der Waals surface area (Å²) in [6.45, 7) is 2.56. The zero-order valence-electron chi connectivity index (χ0n) is 10.1. The van der Waals surface area contributed by atoms with Gasteiger partial charge in [0.05, 0.1) is 0 Å². The molecule has 15 heavy (non-hydrogen) atoms. The highest BCUT2D eigenvalue weighted by Crippen LogP contribution is 2.03. The summed E-state index contributed by atoms with van der Waals surface area (Å²) in [7, 11) is 0. The maximum atomic E-state index is 8.57. The molecule has 0 aromatic heterocycles. The van der Waals surface area contributed by atoms with Crippen LogP contribution >= 0.6 is 0 Å². The van der Waals surface area contributed by atoms with E-state index in [1.807, 2.05) is 0 Å². The van der Waals surface area contributed by atoms with Crippen molar-refractivity contribution in [2.75, 3.05) is 6.61 Å². The van der Waals surface area contributed by atoms with E-state index in [1.165, 1.54) is 32.1 Å². The van der Waals surface area contributed by atoms with Crippen LogP contribution in [0.15, 0.2) is 24.3 Å². The molecule has 0 aliphatic carbocycles. The van der Waals surface area contributed by atoms with E-state index in [-0.39, 0.29) is 0 Å². The molecule has 0 aliphatic heterocycles. The lowest BCUT2D eigenvalue weighted by molar-refractivity contribution is 0.285. The first-order valence-corrected chi connectivity index (χ1v) is 6.34. The maximum absolute atomic E-state index is 8.57. The smallest absolute Gasteiger partial charge is 0.0431 e. The Labute approximate surface area is 94.9 Å². The molecule has 0 bridgehead atoms. The van der Waals surface area contributed by atoms with Gasteiger partial charge < -0.3 is 5.11 Å². The normalized spacial score (nSPS) is 11.9. The van der Waals surface area contributed by atoms with Gasteiger partial charge in [-0.05, 0) is 32.1 Å². The SMILES string of the molecule is CCCCCC/C=C/C=C/CCCCO. The molecule has 0 unspecified atom stereocenters. The number of hydrogen-bond donors (Lipinski definition) is 1. The van der Waals surface area contributed by atoms with E-state index in [2.05, 4.69) is 31.2 Å². The van der Waals surface area contributed by atoms with Gasteiger partial charge in [0.15, 0.2) is 0 Å². The third-order valence-electron chi connectivity index (χ3n) is 2.39. The highest BCUT2D eigenvalue weighted by Gasteiger charge is 1.83. The fourth-order valence-electron chi connectivity index (χ4n) is 1.41. The summed E-state index contributed by atoms with van der Waals surface area (Å²) >= 11 is 0. The molecule has 0 aromatic rings. The van der Waals surface area contributed by atoms with Crippen LogP contribution in [0.5, 0.6) is 0 Å². The van der Waals surface area contributed by atoms with Gasteiger partial charge >= 0.3 is 0 Å². The van der Waals surface area contributed by atoms with Crippen LogP contribution in [0.3, 0.4) is 0 Å². The van der Waals surface area contributed by atoms with Crippen molar-refractivity contribution in [1.82, 2.24) is 0 Å². The summed E-state index contributed by atoms with van der Waals surface area (Å²) in [4.78, 5) is 0. The molecule has 0 rings (SSSR count). The van der Waals surface area contributed by atoms with Crippen molar-refractivity contribution in [3.8, 4) is 0 Å². The second kappa shape index (κ2) is 13.4. The van der Waals surface area contributed by atoms with Gasteiger partial charge in [0.25, 0.3) is 0 Å². The molecule has 0 aliphatic rings. The van der Waals surface area contributed by atoms with Crippen molar-refractivity contribution in [3.63, 3.8) is 0 Å². The van der Waals surface area contributed by atoms with Crippen LogP contribution in [0.4, 0.5) is 0 Å². The van der Waals surface area contributed by atoms with Crippen LogP contribution in [0.1, 0.15) is 58.3 Å². The molecule has 0 amide bonds. The van der Waals surface area contributed by atoms with E-state index < -0.39 is 0 Å². The number of aliphatic hydroxyl groups is 1. The minimum Gasteiger partial charge on any atom is -0.396 e. The molecule has 1 N–H and O–H groups in total. The van der Waals surface area contributed by atoms with Gasteiger partial charge in [-0.3, -0.25) is 0 Å². The van der Waals surface area contributed by atoms with Crippen LogP contribution in [-0.2, 0) is 0 Å². The number of unbranched alkanes of at least 4 members (excludes halogenated alkanes) is 6. The second-order valence-electron chi connectivity index (χ2n) is 3.93. The van der Waals surface area contributed by atoms with E-state index in [0.29, 0.717) is 6.61 Å². The average molecular weight is 210 g/mol. The van der Waals surface area contributed by atoms with Gasteiger partial charge in [0.1, 0.15) is 0 Å². The zero-order chi connectivity index (χ0) is 11.2. The molecule has 0 radical (unpaired) electrons. The van der Waals surface area contributed by atoms with Gasteiger partial charge in [0.2, 0.25) is 0 Å². The summed E-state index contributed by atoms with van der Waals surface area (Å²) in [5, 5.41) is 8.57. The fourth-order valence-corrected chi connectivity index (χ4v) is 1.41. The summed E-state index contributed by atoms with van der Waals surface area (Å²) < 4.78 is 0. The first kappa shape index (κ1) is 14.4. The first-order valence-electron chi connectivity index (χ1n) is 6.34. The Bertz CT molecular complexity index is 159. The molecule has 0 aromatic carbocycles. The number of hydrogen-bond acceptors (Lipinski definition) is 1. The molecule has 1 heteroatoms. The Morgan fingerprint density at radius 2 is 1.40 bits per heavy atom. The molecule has 0 saturated heterocycles. The Hall–Kier alpha value is -0.560. The van der Waals surface area contributed by atoms with Crippen molar-refractivity contribution in [2.45, 2.75) is 58.3 Å². The fraction of sp³-hybridized carbons (Fsp3) is 0.714. The van der Waals surface area contributed by atoms with E-state index in [1.54, 1.807) is 0 Å². The molecular formula is C14H26O. The summed E-state index contributed by atoms with van der Waals surface area (Å²) in [5.41, 5.74) is 0. The Morgan fingerprint density at radius 1 is 0.800 bits per heavy atom. The molecule has 0 saturated carbocycles. The minimum absolute atomic E-state index is 0.321. The topological polar surface area (TPSA) is 20.2 Å². The van der Waals surface area contributed by atoms with Crippen LogP contribution in [0.2, 0.25) is 0 Å². The molecule has 0 spiro atoms. The second-order valence-corrected chi connectivity index (χ2v) is 3.93. The Morgan fingerprint density at radius 3 is 1.93 bits per heavy atom. The summed E-state index contributed by atoms with van der Waals surface area (Å²) in [6, 6.07) is 0. The zero-order valence-corrected chi connectivity index (χ0v) is 10.1. The number of rotatable bonds is 10. The van der Waals surface area contributed by atoms with E-state index in [9.17, 15) is 0 Å². The molecule has 0 atom stereocenters. The standard InChI is InChI=1S/C14H26O/c1-2-3-4-5-6-7-8-9-10-11-12-13-14-15/h7-10,15H,2-6,11-14H2,1H3/b8-7+,10-9+. The van der Waals surface area contributed by atoms with E-state index in [0.717, 1.165) is 19.3 Å². The average Bonchev–Trinajstić information content (AvgIpc) is 2.26. The molecule has 0 fully saturated rings.